The lowest BCUT2D eigenvalue weighted by Crippen LogP contribution is -2.36. The number of rotatable bonds is 7. The van der Waals surface area contributed by atoms with E-state index < -0.39 is 12.0 Å². The average molecular weight is 241 g/mol. The summed E-state index contributed by atoms with van der Waals surface area (Å²) < 4.78 is 1.73. The molecule has 7 heteroatoms. The first kappa shape index (κ1) is 13.6. The van der Waals surface area contributed by atoms with Crippen LogP contribution in [-0.2, 0) is 17.9 Å². The molecule has 1 atom stereocenters. The highest BCUT2D eigenvalue weighted by molar-refractivity contribution is 5.72. The normalized spacial score (nSPS) is 12.9. The molecule has 1 aromatic heterocycles. The lowest BCUT2D eigenvalue weighted by Gasteiger charge is -2.20. The zero-order valence-electron chi connectivity index (χ0n) is 10.5. The lowest BCUT2D eigenvalue weighted by atomic mass is 10.3. The average Bonchev–Trinajstić information content (AvgIpc) is 2.72. The quantitative estimate of drug-likeness (QED) is 0.743. The van der Waals surface area contributed by atoms with Crippen molar-refractivity contribution in [2.75, 3.05) is 7.05 Å². The highest BCUT2D eigenvalue weighted by Crippen LogP contribution is 2.04. The Morgan fingerprint density at radius 3 is 2.88 bits per heavy atom. The van der Waals surface area contributed by atoms with Gasteiger partial charge in [0.1, 0.15) is 6.04 Å². The van der Waals surface area contributed by atoms with E-state index in [1.54, 1.807) is 23.6 Å². The number of unbranched alkanes of at least 4 members (excludes halogenated alkanes) is 1. The summed E-state index contributed by atoms with van der Waals surface area (Å²) >= 11 is 0. The summed E-state index contributed by atoms with van der Waals surface area (Å²) in [6.45, 7) is 4.95. The molecule has 0 fully saturated rings. The molecule has 0 aliphatic rings. The number of aryl methyl sites for hydroxylation is 1. The van der Waals surface area contributed by atoms with Gasteiger partial charge in [-0.3, -0.25) is 9.69 Å². The largest absolute Gasteiger partial charge is 0.480 e. The van der Waals surface area contributed by atoms with Gasteiger partial charge >= 0.3 is 5.97 Å². The summed E-state index contributed by atoms with van der Waals surface area (Å²) in [5.74, 6) is -0.144. The fourth-order valence-electron chi connectivity index (χ4n) is 1.37. The molecule has 1 N–H and O–H groups in total. The van der Waals surface area contributed by atoms with Gasteiger partial charge in [-0.2, -0.15) is 0 Å². The summed E-state index contributed by atoms with van der Waals surface area (Å²) in [4.78, 5) is 12.5. The molecule has 17 heavy (non-hydrogen) atoms. The van der Waals surface area contributed by atoms with Crippen molar-refractivity contribution in [3.05, 3.63) is 5.82 Å². The highest BCUT2D eigenvalue weighted by atomic mass is 16.4. The molecule has 1 heterocycles. The number of tetrazole rings is 1. The van der Waals surface area contributed by atoms with Crippen LogP contribution in [0, 0.1) is 0 Å². The molecular weight excluding hydrogens is 222 g/mol. The van der Waals surface area contributed by atoms with Crippen molar-refractivity contribution in [2.24, 2.45) is 0 Å². The van der Waals surface area contributed by atoms with Gasteiger partial charge in [-0.15, -0.1) is 5.10 Å². The van der Waals surface area contributed by atoms with E-state index in [2.05, 4.69) is 22.4 Å². The monoisotopic (exact) mass is 241 g/mol. The molecule has 96 valence electrons. The molecule has 0 bridgehead atoms. The Balaban J connectivity index is 2.61. The standard InChI is InChI=1S/C10H19N5O2/c1-4-5-6-15-9(11-12-13-15)7-14(3)8(2)10(16)17/h8H,4-7H2,1-3H3,(H,16,17). The smallest absolute Gasteiger partial charge is 0.320 e. The molecule has 0 aromatic carbocycles. The SMILES string of the molecule is CCCCn1nnnc1CN(C)C(C)C(=O)O. The van der Waals surface area contributed by atoms with Crippen LogP contribution in [0.15, 0.2) is 0 Å². The number of aromatic nitrogens is 4. The fraction of sp³-hybridized carbons (Fsp3) is 0.800. The molecule has 0 aliphatic heterocycles. The number of hydrogen-bond donors (Lipinski definition) is 1. The van der Waals surface area contributed by atoms with Gasteiger partial charge in [-0.05, 0) is 30.8 Å². The number of carboxylic acids is 1. The number of carboxylic acid groups (broad SMARTS) is 1. The Hall–Kier alpha value is -1.50. The maximum absolute atomic E-state index is 10.8. The van der Waals surface area contributed by atoms with Crippen LogP contribution in [0.5, 0.6) is 0 Å². The van der Waals surface area contributed by atoms with Crippen LogP contribution in [0.4, 0.5) is 0 Å². The predicted octanol–water partition coefficient (Wildman–Crippen LogP) is 0.378. The minimum atomic E-state index is -0.847. The van der Waals surface area contributed by atoms with Gasteiger partial charge in [0.25, 0.3) is 0 Å². The van der Waals surface area contributed by atoms with Crippen molar-refractivity contribution >= 4 is 5.97 Å². The van der Waals surface area contributed by atoms with Crippen LogP contribution in [0.3, 0.4) is 0 Å². The number of likely N-dealkylation sites (N-methyl/N-ethyl adjacent to an activating group) is 1. The maximum atomic E-state index is 10.8. The maximum Gasteiger partial charge on any atom is 0.320 e. The Labute approximate surface area is 100 Å². The summed E-state index contributed by atoms with van der Waals surface area (Å²) in [6, 6.07) is -0.550. The number of nitrogens with zero attached hydrogens (tertiary/aromatic N) is 5. The first-order valence-corrected chi connectivity index (χ1v) is 5.74. The molecule has 0 saturated carbocycles. The van der Waals surface area contributed by atoms with Crippen LogP contribution in [0.1, 0.15) is 32.5 Å². The van der Waals surface area contributed by atoms with Gasteiger partial charge in [0.15, 0.2) is 5.82 Å². The zero-order chi connectivity index (χ0) is 12.8. The molecule has 1 unspecified atom stereocenters. The first-order chi connectivity index (χ1) is 8.06. The van der Waals surface area contributed by atoms with E-state index in [1.807, 2.05) is 0 Å². The third-order valence-electron chi connectivity index (χ3n) is 2.74. The second-order valence-corrected chi connectivity index (χ2v) is 4.10. The lowest BCUT2D eigenvalue weighted by molar-refractivity contribution is -0.142. The Bertz CT molecular complexity index is 365. The predicted molar refractivity (Wildman–Crippen MR) is 61.3 cm³/mol. The van der Waals surface area contributed by atoms with Crippen molar-refractivity contribution < 1.29 is 9.90 Å². The minimum Gasteiger partial charge on any atom is -0.480 e. The van der Waals surface area contributed by atoms with Crippen LogP contribution in [0.2, 0.25) is 0 Å². The first-order valence-electron chi connectivity index (χ1n) is 5.74. The minimum absolute atomic E-state index is 0.435. The van der Waals surface area contributed by atoms with E-state index in [4.69, 9.17) is 5.11 Å². The number of aliphatic carboxylic acids is 1. The van der Waals surface area contributed by atoms with E-state index in [1.165, 1.54) is 0 Å². The number of carbonyl (C=O) groups is 1. The molecule has 0 saturated heterocycles. The Morgan fingerprint density at radius 1 is 1.59 bits per heavy atom. The zero-order valence-corrected chi connectivity index (χ0v) is 10.5. The molecule has 1 rings (SSSR count). The third kappa shape index (κ3) is 3.77. The van der Waals surface area contributed by atoms with E-state index in [9.17, 15) is 4.79 Å². The second-order valence-electron chi connectivity index (χ2n) is 4.10. The van der Waals surface area contributed by atoms with Gasteiger partial charge < -0.3 is 5.11 Å². The van der Waals surface area contributed by atoms with Crippen LogP contribution < -0.4 is 0 Å². The van der Waals surface area contributed by atoms with E-state index in [-0.39, 0.29) is 0 Å². The molecule has 0 radical (unpaired) electrons. The number of hydrogen-bond acceptors (Lipinski definition) is 5. The van der Waals surface area contributed by atoms with Gasteiger partial charge in [0.05, 0.1) is 6.54 Å². The van der Waals surface area contributed by atoms with Crippen molar-refractivity contribution in [3.8, 4) is 0 Å². The fourth-order valence-corrected chi connectivity index (χ4v) is 1.37. The summed E-state index contributed by atoms with van der Waals surface area (Å²) in [7, 11) is 1.75. The molecule has 7 nitrogen and oxygen atoms in total. The van der Waals surface area contributed by atoms with Crippen molar-refractivity contribution in [1.82, 2.24) is 25.1 Å². The van der Waals surface area contributed by atoms with Gasteiger partial charge in [-0.25, -0.2) is 4.68 Å². The van der Waals surface area contributed by atoms with Crippen molar-refractivity contribution in [2.45, 2.75) is 45.8 Å². The van der Waals surface area contributed by atoms with E-state index >= 15 is 0 Å². The second kappa shape index (κ2) is 6.29. The molecule has 0 aliphatic carbocycles. The van der Waals surface area contributed by atoms with Crippen LogP contribution in [-0.4, -0.2) is 49.3 Å². The highest BCUT2D eigenvalue weighted by Gasteiger charge is 2.19. The molecular formula is C10H19N5O2. The van der Waals surface area contributed by atoms with Crippen LogP contribution >= 0.6 is 0 Å². The van der Waals surface area contributed by atoms with E-state index in [0.717, 1.165) is 19.4 Å². The summed E-state index contributed by atoms with van der Waals surface area (Å²) in [6.07, 6.45) is 2.08. The molecule has 0 amide bonds. The van der Waals surface area contributed by atoms with Crippen molar-refractivity contribution in [3.63, 3.8) is 0 Å². The van der Waals surface area contributed by atoms with Crippen LogP contribution in [0.25, 0.3) is 0 Å². The van der Waals surface area contributed by atoms with Gasteiger partial charge in [-0.1, -0.05) is 13.3 Å². The summed E-state index contributed by atoms with van der Waals surface area (Å²) in [5, 5.41) is 20.3. The topological polar surface area (TPSA) is 84.1 Å². The Morgan fingerprint density at radius 2 is 2.29 bits per heavy atom. The summed E-state index contributed by atoms with van der Waals surface area (Å²) in [5.41, 5.74) is 0. The van der Waals surface area contributed by atoms with Crippen molar-refractivity contribution in [1.29, 1.82) is 0 Å². The van der Waals surface area contributed by atoms with Gasteiger partial charge in [0.2, 0.25) is 0 Å². The van der Waals surface area contributed by atoms with E-state index in [0.29, 0.717) is 12.4 Å². The molecule has 0 spiro atoms. The molecule has 1 aromatic rings. The third-order valence-corrected chi connectivity index (χ3v) is 2.74. The van der Waals surface area contributed by atoms with Gasteiger partial charge in [0, 0.05) is 6.54 Å². The Kier molecular flexibility index (Phi) is 5.02.